The van der Waals surface area contributed by atoms with E-state index in [9.17, 15) is 9.59 Å². The van der Waals surface area contributed by atoms with E-state index in [2.05, 4.69) is 10.6 Å². The van der Waals surface area contributed by atoms with Gasteiger partial charge in [0.05, 0.1) is 5.41 Å². The van der Waals surface area contributed by atoms with E-state index in [-0.39, 0.29) is 17.9 Å². The fourth-order valence-corrected chi connectivity index (χ4v) is 4.19. The van der Waals surface area contributed by atoms with Crippen LogP contribution >= 0.6 is 11.6 Å². The normalized spacial score (nSPS) is 16.2. The van der Waals surface area contributed by atoms with Crippen molar-refractivity contribution in [1.82, 2.24) is 10.6 Å². The standard InChI is InChI=1S/C24H29ClN2O2/c1-3-17(2)27-22(28)19-9-6-8-18(14-19)16-26-23(29)24(12-4-5-13-24)20-10-7-11-21(25)15-20/h6-11,14-15,17H,3-5,12-13,16H2,1-2H3,(H,26,29)(H,27,28). The Labute approximate surface area is 178 Å². The maximum absolute atomic E-state index is 13.2. The Morgan fingerprint density at radius 2 is 1.83 bits per heavy atom. The Kier molecular flexibility index (Phi) is 6.96. The minimum absolute atomic E-state index is 0.0340. The van der Waals surface area contributed by atoms with Crippen molar-refractivity contribution in [2.75, 3.05) is 0 Å². The summed E-state index contributed by atoms with van der Waals surface area (Å²) >= 11 is 6.19. The molecule has 0 saturated heterocycles. The van der Waals surface area contributed by atoms with Crippen molar-refractivity contribution in [2.45, 2.75) is 64.0 Å². The molecule has 0 spiro atoms. The van der Waals surface area contributed by atoms with Crippen LogP contribution in [0.3, 0.4) is 0 Å². The van der Waals surface area contributed by atoms with Crippen LogP contribution in [0, 0.1) is 0 Å². The third-order valence-electron chi connectivity index (χ3n) is 5.90. The molecule has 29 heavy (non-hydrogen) atoms. The molecule has 1 atom stereocenters. The molecule has 2 amide bonds. The molecule has 1 fully saturated rings. The van der Waals surface area contributed by atoms with E-state index in [1.165, 1.54) is 0 Å². The summed E-state index contributed by atoms with van der Waals surface area (Å²) in [5.41, 5.74) is 2.00. The van der Waals surface area contributed by atoms with Crippen molar-refractivity contribution in [3.63, 3.8) is 0 Å². The van der Waals surface area contributed by atoms with Crippen molar-refractivity contribution >= 4 is 23.4 Å². The molecule has 0 radical (unpaired) electrons. The summed E-state index contributed by atoms with van der Waals surface area (Å²) in [5, 5.41) is 6.74. The summed E-state index contributed by atoms with van der Waals surface area (Å²) in [7, 11) is 0. The number of rotatable bonds is 7. The first-order valence-electron chi connectivity index (χ1n) is 10.4. The third kappa shape index (κ3) is 4.99. The lowest BCUT2D eigenvalue weighted by Crippen LogP contribution is -2.42. The number of amides is 2. The van der Waals surface area contributed by atoms with Gasteiger partial charge in [-0.05, 0) is 61.6 Å². The summed E-state index contributed by atoms with van der Waals surface area (Å²) in [4.78, 5) is 25.6. The van der Waals surface area contributed by atoms with Crippen LogP contribution in [0.2, 0.25) is 5.02 Å². The lowest BCUT2D eigenvalue weighted by Gasteiger charge is -2.28. The second kappa shape index (κ2) is 9.45. The van der Waals surface area contributed by atoms with Crippen LogP contribution in [-0.4, -0.2) is 17.9 Å². The van der Waals surface area contributed by atoms with Crippen LogP contribution in [0.1, 0.15) is 67.4 Å². The molecule has 154 valence electrons. The maximum atomic E-state index is 13.2. The zero-order valence-electron chi connectivity index (χ0n) is 17.1. The molecule has 2 N–H and O–H groups in total. The zero-order valence-corrected chi connectivity index (χ0v) is 17.9. The molecule has 0 bridgehead atoms. The molecular weight excluding hydrogens is 384 g/mol. The highest BCUT2D eigenvalue weighted by molar-refractivity contribution is 6.30. The van der Waals surface area contributed by atoms with E-state index in [0.717, 1.165) is 43.2 Å². The summed E-state index contributed by atoms with van der Waals surface area (Å²) in [6, 6.07) is 15.2. The van der Waals surface area contributed by atoms with E-state index >= 15 is 0 Å². The number of hydrogen-bond donors (Lipinski definition) is 2. The highest BCUT2D eigenvalue weighted by atomic mass is 35.5. The van der Waals surface area contributed by atoms with Gasteiger partial charge in [-0.2, -0.15) is 0 Å². The van der Waals surface area contributed by atoms with E-state index in [1.807, 2.05) is 56.3 Å². The molecule has 0 aromatic heterocycles. The number of halogens is 1. The molecule has 0 aliphatic heterocycles. The van der Waals surface area contributed by atoms with Crippen molar-refractivity contribution in [3.8, 4) is 0 Å². The van der Waals surface area contributed by atoms with Crippen LogP contribution in [0.5, 0.6) is 0 Å². The van der Waals surface area contributed by atoms with Crippen LogP contribution in [0.15, 0.2) is 48.5 Å². The fraction of sp³-hybridized carbons (Fsp3) is 0.417. The Balaban J connectivity index is 1.71. The van der Waals surface area contributed by atoms with E-state index < -0.39 is 5.41 Å². The summed E-state index contributed by atoms with van der Waals surface area (Å²) in [5.74, 6) is -0.0505. The largest absolute Gasteiger partial charge is 0.351 e. The highest BCUT2D eigenvalue weighted by Gasteiger charge is 2.42. The van der Waals surface area contributed by atoms with Crippen LogP contribution in [0.25, 0.3) is 0 Å². The maximum Gasteiger partial charge on any atom is 0.251 e. The smallest absolute Gasteiger partial charge is 0.251 e. The minimum Gasteiger partial charge on any atom is -0.351 e. The summed E-state index contributed by atoms with van der Waals surface area (Å²) in [6.07, 6.45) is 4.61. The SMILES string of the molecule is CCC(C)NC(=O)c1cccc(CNC(=O)C2(c3cccc(Cl)c3)CCCC2)c1. The lowest BCUT2D eigenvalue weighted by atomic mass is 9.78. The molecule has 3 rings (SSSR count). The van der Waals surface area contributed by atoms with Gasteiger partial charge in [0.25, 0.3) is 5.91 Å². The van der Waals surface area contributed by atoms with Crippen molar-refractivity contribution in [3.05, 3.63) is 70.2 Å². The van der Waals surface area contributed by atoms with Gasteiger partial charge < -0.3 is 10.6 Å². The molecule has 1 aliphatic carbocycles. The average molecular weight is 413 g/mol. The molecule has 1 unspecified atom stereocenters. The molecule has 2 aromatic rings. The van der Waals surface area contributed by atoms with Gasteiger partial charge in [0.1, 0.15) is 0 Å². The molecule has 1 aliphatic rings. The van der Waals surface area contributed by atoms with Gasteiger partial charge in [-0.25, -0.2) is 0 Å². The quantitative estimate of drug-likeness (QED) is 0.672. The number of benzene rings is 2. The number of carbonyl (C=O) groups excluding carboxylic acids is 2. The molecule has 4 nitrogen and oxygen atoms in total. The summed E-state index contributed by atoms with van der Waals surface area (Å²) < 4.78 is 0. The van der Waals surface area contributed by atoms with E-state index in [1.54, 1.807) is 6.07 Å². The van der Waals surface area contributed by atoms with Gasteiger partial charge in [-0.1, -0.05) is 55.6 Å². The number of carbonyl (C=O) groups is 2. The fourth-order valence-electron chi connectivity index (χ4n) is 3.99. The molecule has 0 heterocycles. The molecule has 5 heteroatoms. The first kappa shape index (κ1) is 21.4. The Morgan fingerprint density at radius 1 is 1.10 bits per heavy atom. The topological polar surface area (TPSA) is 58.2 Å². The van der Waals surface area contributed by atoms with Gasteiger partial charge in [-0.15, -0.1) is 0 Å². The second-order valence-corrected chi connectivity index (χ2v) is 8.40. The molecular formula is C24H29ClN2O2. The van der Waals surface area contributed by atoms with Crippen LogP contribution in [-0.2, 0) is 16.8 Å². The first-order valence-corrected chi connectivity index (χ1v) is 10.8. The number of nitrogens with one attached hydrogen (secondary N) is 2. The van der Waals surface area contributed by atoms with Crippen LogP contribution in [0.4, 0.5) is 0 Å². The predicted molar refractivity (Wildman–Crippen MR) is 117 cm³/mol. The Morgan fingerprint density at radius 3 is 2.52 bits per heavy atom. The molecule has 1 saturated carbocycles. The number of hydrogen-bond acceptors (Lipinski definition) is 2. The van der Waals surface area contributed by atoms with Crippen molar-refractivity contribution in [2.24, 2.45) is 0 Å². The van der Waals surface area contributed by atoms with Crippen molar-refractivity contribution < 1.29 is 9.59 Å². The van der Waals surface area contributed by atoms with Crippen molar-refractivity contribution in [1.29, 1.82) is 0 Å². The van der Waals surface area contributed by atoms with Gasteiger partial charge >= 0.3 is 0 Å². The van der Waals surface area contributed by atoms with E-state index in [0.29, 0.717) is 17.1 Å². The first-order chi connectivity index (χ1) is 13.9. The third-order valence-corrected chi connectivity index (χ3v) is 6.14. The Bertz CT molecular complexity index is 875. The van der Waals surface area contributed by atoms with Gasteiger partial charge in [-0.3, -0.25) is 9.59 Å². The predicted octanol–water partition coefficient (Wildman–Crippen LogP) is 5.00. The van der Waals surface area contributed by atoms with Gasteiger partial charge in [0, 0.05) is 23.2 Å². The van der Waals surface area contributed by atoms with Gasteiger partial charge in [0.2, 0.25) is 5.91 Å². The second-order valence-electron chi connectivity index (χ2n) is 7.97. The monoisotopic (exact) mass is 412 g/mol. The Hall–Kier alpha value is -2.33. The van der Waals surface area contributed by atoms with E-state index in [4.69, 9.17) is 11.6 Å². The highest BCUT2D eigenvalue weighted by Crippen LogP contribution is 2.42. The van der Waals surface area contributed by atoms with Gasteiger partial charge in [0.15, 0.2) is 0 Å². The molecule has 2 aromatic carbocycles. The van der Waals surface area contributed by atoms with Crippen LogP contribution < -0.4 is 10.6 Å². The summed E-state index contributed by atoms with van der Waals surface area (Å²) in [6.45, 7) is 4.42. The lowest BCUT2D eigenvalue weighted by molar-refractivity contribution is -0.126. The zero-order chi connectivity index (χ0) is 20.9. The minimum atomic E-state index is -0.517. The average Bonchev–Trinajstić information content (AvgIpc) is 3.23.